The summed E-state index contributed by atoms with van der Waals surface area (Å²) in [6.07, 6.45) is 1.79. The van der Waals surface area contributed by atoms with E-state index in [2.05, 4.69) is 4.98 Å². The van der Waals surface area contributed by atoms with Crippen LogP contribution in [0.25, 0.3) is 11.4 Å². The van der Waals surface area contributed by atoms with Crippen molar-refractivity contribution < 1.29 is 24.4 Å². The number of amides is 1. The summed E-state index contributed by atoms with van der Waals surface area (Å²) in [6, 6.07) is 8.36. The van der Waals surface area contributed by atoms with Crippen LogP contribution in [0.3, 0.4) is 0 Å². The van der Waals surface area contributed by atoms with Gasteiger partial charge in [0.1, 0.15) is 11.3 Å². The SMILES string of the molecule is COCCN1C(=O)C(=O)/C(=C(/O)c2nc3c(C)cccn3c2C)C1c1cccc([N+](=O)[O-])c1. The molecule has 4 rings (SSSR count). The second kappa shape index (κ2) is 8.47. The van der Waals surface area contributed by atoms with Crippen molar-refractivity contribution in [1.82, 2.24) is 14.3 Å². The van der Waals surface area contributed by atoms with E-state index < -0.39 is 28.4 Å². The lowest BCUT2D eigenvalue weighted by Crippen LogP contribution is -2.32. The number of rotatable bonds is 6. The number of methoxy groups -OCH3 is 1. The number of nitro groups is 1. The van der Waals surface area contributed by atoms with Crippen LogP contribution in [0.4, 0.5) is 5.69 Å². The van der Waals surface area contributed by atoms with Crippen molar-refractivity contribution in [1.29, 1.82) is 0 Å². The first-order valence-corrected chi connectivity index (χ1v) is 10.2. The van der Waals surface area contributed by atoms with Gasteiger partial charge in [0.05, 0.1) is 28.8 Å². The van der Waals surface area contributed by atoms with Crippen molar-refractivity contribution in [2.75, 3.05) is 20.3 Å². The number of aromatic nitrogens is 2. The fraction of sp³-hybridized carbons (Fsp3) is 0.261. The van der Waals surface area contributed by atoms with Crippen molar-refractivity contribution in [3.8, 4) is 0 Å². The van der Waals surface area contributed by atoms with Crippen LogP contribution < -0.4 is 0 Å². The number of aryl methyl sites for hydroxylation is 2. The summed E-state index contributed by atoms with van der Waals surface area (Å²) in [5.74, 6) is -2.12. The molecule has 0 aliphatic carbocycles. The Morgan fingerprint density at radius 2 is 2.00 bits per heavy atom. The van der Waals surface area contributed by atoms with Crippen molar-refractivity contribution in [2.24, 2.45) is 0 Å². The highest BCUT2D eigenvalue weighted by molar-refractivity contribution is 6.46. The number of nitrogens with zero attached hydrogens (tertiary/aromatic N) is 4. The summed E-state index contributed by atoms with van der Waals surface area (Å²) in [4.78, 5) is 42.5. The molecule has 0 bridgehead atoms. The highest BCUT2D eigenvalue weighted by Gasteiger charge is 2.46. The number of likely N-dealkylation sites (tertiary alicyclic amines) is 1. The smallest absolute Gasteiger partial charge is 0.295 e. The largest absolute Gasteiger partial charge is 0.505 e. The van der Waals surface area contributed by atoms with E-state index >= 15 is 0 Å². The molecule has 10 heteroatoms. The molecule has 3 aromatic rings. The van der Waals surface area contributed by atoms with Gasteiger partial charge in [-0.25, -0.2) is 4.98 Å². The van der Waals surface area contributed by atoms with Crippen molar-refractivity contribution in [2.45, 2.75) is 19.9 Å². The van der Waals surface area contributed by atoms with Crippen LogP contribution in [-0.4, -0.2) is 56.3 Å². The molecule has 1 aliphatic rings. The molecule has 10 nitrogen and oxygen atoms in total. The lowest BCUT2D eigenvalue weighted by Gasteiger charge is -2.24. The lowest BCUT2D eigenvalue weighted by atomic mass is 9.96. The molecule has 1 amide bonds. The third-order valence-corrected chi connectivity index (χ3v) is 5.78. The third kappa shape index (κ3) is 3.64. The van der Waals surface area contributed by atoms with E-state index in [9.17, 15) is 24.8 Å². The van der Waals surface area contributed by atoms with Gasteiger partial charge in [-0.2, -0.15) is 0 Å². The van der Waals surface area contributed by atoms with Gasteiger partial charge in [-0.05, 0) is 31.0 Å². The van der Waals surface area contributed by atoms with Crippen LogP contribution in [-0.2, 0) is 14.3 Å². The summed E-state index contributed by atoms with van der Waals surface area (Å²) in [7, 11) is 1.46. The average Bonchev–Trinajstić information content (AvgIpc) is 3.27. The van der Waals surface area contributed by atoms with Gasteiger partial charge >= 0.3 is 0 Å². The third-order valence-electron chi connectivity index (χ3n) is 5.78. The molecule has 1 N–H and O–H groups in total. The Morgan fingerprint density at radius 3 is 2.67 bits per heavy atom. The van der Waals surface area contributed by atoms with Crippen LogP contribution in [0.2, 0.25) is 0 Å². The van der Waals surface area contributed by atoms with Gasteiger partial charge in [0.15, 0.2) is 5.76 Å². The first-order valence-electron chi connectivity index (χ1n) is 10.2. The van der Waals surface area contributed by atoms with E-state index in [-0.39, 0.29) is 30.1 Å². The second-order valence-electron chi connectivity index (χ2n) is 7.77. The number of pyridine rings is 1. The summed E-state index contributed by atoms with van der Waals surface area (Å²) in [5, 5.41) is 22.6. The summed E-state index contributed by atoms with van der Waals surface area (Å²) in [6.45, 7) is 3.83. The Labute approximate surface area is 188 Å². The fourth-order valence-corrected chi connectivity index (χ4v) is 4.13. The standard InChI is InChI=1S/C23H22N4O6/c1-13-6-5-9-25-14(2)18(24-22(13)25)20(28)17-19(15-7-4-8-16(12-15)27(31)32)26(10-11-33-3)23(30)21(17)29/h4-9,12,19,28H,10-11H2,1-3H3/b20-17+. The van der Waals surface area contributed by atoms with E-state index in [4.69, 9.17) is 4.74 Å². The summed E-state index contributed by atoms with van der Waals surface area (Å²) in [5.41, 5.74) is 2.22. The number of carbonyl (C=O) groups is 2. The molecule has 3 heterocycles. The fourth-order valence-electron chi connectivity index (χ4n) is 4.13. The Kier molecular flexibility index (Phi) is 5.69. The van der Waals surface area contributed by atoms with Crippen LogP contribution in [0.5, 0.6) is 0 Å². The molecule has 170 valence electrons. The molecule has 0 spiro atoms. The van der Waals surface area contributed by atoms with Gasteiger partial charge in [-0.15, -0.1) is 0 Å². The van der Waals surface area contributed by atoms with Gasteiger partial charge in [-0.1, -0.05) is 18.2 Å². The molecular formula is C23H22N4O6. The number of hydrogen-bond acceptors (Lipinski definition) is 7. The zero-order chi connectivity index (χ0) is 23.9. The van der Waals surface area contributed by atoms with Gasteiger partial charge in [0.2, 0.25) is 0 Å². The number of ketones is 1. The van der Waals surface area contributed by atoms with Crippen molar-refractivity contribution in [3.63, 3.8) is 0 Å². The zero-order valence-corrected chi connectivity index (χ0v) is 18.3. The highest BCUT2D eigenvalue weighted by Crippen LogP contribution is 2.40. The number of ether oxygens (including phenoxy) is 1. The molecule has 1 fully saturated rings. The normalized spacial score (nSPS) is 17.8. The number of Topliss-reactive ketones (excluding diaryl/α,β-unsaturated/α-hetero) is 1. The predicted molar refractivity (Wildman–Crippen MR) is 119 cm³/mol. The van der Waals surface area contributed by atoms with Gasteiger partial charge in [0, 0.05) is 32.0 Å². The number of aliphatic hydroxyl groups is 1. The summed E-state index contributed by atoms with van der Waals surface area (Å²) < 4.78 is 6.86. The van der Waals surface area contributed by atoms with Gasteiger partial charge in [-0.3, -0.25) is 19.7 Å². The van der Waals surface area contributed by atoms with Crippen molar-refractivity contribution >= 4 is 28.8 Å². The Bertz CT molecular complexity index is 1330. The molecule has 1 unspecified atom stereocenters. The number of carbonyl (C=O) groups excluding carboxylic acids is 2. The first kappa shape index (κ1) is 22.2. The van der Waals surface area contributed by atoms with Crippen LogP contribution in [0.15, 0.2) is 48.2 Å². The number of fused-ring (bicyclic) bond motifs is 1. The zero-order valence-electron chi connectivity index (χ0n) is 18.3. The molecule has 1 saturated heterocycles. The summed E-state index contributed by atoms with van der Waals surface area (Å²) >= 11 is 0. The molecular weight excluding hydrogens is 428 g/mol. The molecule has 33 heavy (non-hydrogen) atoms. The Balaban J connectivity index is 1.95. The van der Waals surface area contributed by atoms with E-state index in [0.717, 1.165) is 5.56 Å². The molecule has 0 saturated carbocycles. The average molecular weight is 450 g/mol. The Morgan fingerprint density at radius 1 is 1.24 bits per heavy atom. The lowest BCUT2D eigenvalue weighted by molar-refractivity contribution is -0.384. The van der Waals surface area contributed by atoms with Crippen LogP contribution in [0.1, 0.15) is 28.6 Å². The van der Waals surface area contributed by atoms with Crippen LogP contribution >= 0.6 is 0 Å². The van der Waals surface area contributed by atoms with E-state index in [0.29, 0.717) is 16.9 Å². The number of benzene rings is 1. The molecule has 0 radical (unpaired) electrons. The first-order chi connectivity index (χ1) is 15.8. The van der Waals surface area contributed by atoms with E-state index in [1.165, 1.54) is 30.2 Å². The number of aliphatic hydroxyl groups excluding tert-OH is 1. The Hall–Kier alpha value is -4.05. The quantitative estimate of drug-likeness (QED) is 0.201. The topological polar surface area (TPSA) is 127 Å². The predicted octanol–water partition coefficient (Wildman–Crippen LogP) is 2.93. The number of hydrogen-bond donors (Lipinski definition) is 1. The van der Waals surface area contributed by atoms with E-state index in [1.807, 2.05) is 19.1 Å². The maximum Gasteiger partial charge on any atom is 0.295 e. The highest BCUT2D eigenvalue weighted by atomic mass is 16.6. The monoisotopic (exact) mass is 450 g/mol. The molecule has 1 aliphatic heterocycles. The second-order valence-corrected chi connectivity index (χ2v) is 7.77. The number of nitro benzene ring substituents is 1. The molecule has 2 aromatic heterocycles. The van der Waals surface area contributed by atoms with E-state index in [1.54, 1.807) is 23.6 Å². The maximum atomic E-state index is 13.1. The minimum atomic E-state index is -1.02. The number of non-ortho nitro benzene ring substituents is 1. The van der Waals surface area contributed by atoms with Crippen molar-refractivity contribution in [3.05, 3.63) is 80.8 Å². The molecule has 1 atom stereocenters. The maximum absolute atomic E-state index is 13.1. The minimum absolute atomic E-state index is 0.0640. The molecule has 1 aromatic carbocycles. The van der Waals surface area contributed by atoms with Gasteiger partial charge < -0.3 is 19.1 Å². The number of imidazole rings is 1. The minimum Gasteiger partial charge on any atom is -0.505 e. The van der Waals surface area contributed by atoms with Crippen LogP contribution in [0, 0.1) is 24.0 Å². The van der Waals surface area contributed by atoms with Gasteiger partial charge in [0.25, 0.3) is 17.4 Å².